The minimum absolute atomic E-state index is 0.0117. The molecule has 2 atom stereocenters. The van der Waals surface area contributed by atoms with E-state index >= 15 is 0 Å². The first-order valence-corrected chi connectivity index (χ1v) is 6.99. The summed E-state index contributed by atoms with van der Waals surface area (Å²) in [5.41, 5.74) is 0.900. The molecule has 0 saturated carbocycles. The van der Waals surface area contributed by atoms with Gasteiger partial charge in [-0.2, -0.15) is 0 Å². The first-order valence-electron chi connectivity index (χ1n) is 6.99. The highest BCUT2D eigenvalue weighted by Crippen LogP contribution is 2.18. The predicted molar refractivity (Wildman–Crippen MR) is 82.0 cm³/mol. The average molecular weight is 285 g/mol. The van der Waals surface area contributed by atoms with E-state index in [1.165, 1.54) is 0 Å². The maximum absolute atomic E-state index is 11.4. The summed E-state index contributed by atoms with van der Waals surface area (Å²) in [6.45, 7) is 3.88. The third-order valence-electron chi connectivity index (χ3n) is 3.47. The van der Waals surface area contributed by atoms with Crippen molar-refractivity contribution in [1.82, 2.24) is 9.97 Å². The monoisotopic (exact) mass is 285 g/mol. The van der Waals surface area contributed by atoms with Crippen LogP contribution in [0.25, 0.3) is 11.4 Å². The molecule has 0 spiro atoms. The third kappa shape index (κ3) is 3.78. The Morgan fingerprint density at radius 3 is 2.62 bits per heavy atom. The maximum atomic E-state index is 11.4. The molecule has 0 bridgehead atoms. The van der Waals surface area contributed by atoms with Gasteiger partial charge in [-0.15, -0.1) is 0 Å². The molecule has 21 heavy (non-hydrogen) atoms. The van der Waals surface area contributed by atoms with E-state index in [4.69, 9.17) is 0 Å². The van der Waals surface area contributed by atoms with E-state index in [1.807, 2.05) is 44.2 Å². The Morgan fingerprint density at radius 2 is 2.00 bits per heavy atom. The molecule has 5 nitrogen and oxygen atoms in total. The Morgan fingerprint density at radius 1 is 1.29 bits per heavy atom. The van der Waals surface area contributed by atoms with Gasteiger partial charge in [0, 0.05) is 11.8 Å². The molecule has 1 aromatic heterocycles. The molecule has 5 heteroatoms. The summed E-state index contributed by atoms with van der Waals surface area (Å²) in [6, 6.07) is 10.6. The Kier molecular flexibility index (Phi) is 4.87. The fourth-order valence-electron chi connectivity index (χ4n) is 2.01. The second-order valence-corrected chi connectivity index (χ2v) is 4.98. The SMILES string of the molecule is CC[C@H](C)[C@H](Nc1ccnc(-c2ccccc2)n1)C(=O)O. The number of benzene rings is 1. The zero-order valence-corrected chi connectivity index (χ0v) is 12.2. The molecule has 1 heterocycles. The number of hydrogen-bond acceptors (Lipinski definition) is 4. The van der Waals surface area contributed by atoms with E-state index in [0.29, 0.717) is 11.6 Å². The molecule has 0 unspecified atom stereocenters. The number of aliphatic carboxylic acids is 1. The Balaban J connectivity index is 2.23. The molecule has 2 aromatic rings. The van der Waals surface area contributed by atoms with Crippen molar-refractivity contribution < 1.29 is 9.90 Å². The molecule has 110 valence electrons. The van der Waals surface area contributed by atoms with E-state index in [0.717, 1.165) is 12.0 Å². The lowest BCUT2D eigenvalue weighted by Gasteiger charge is -2.20. The fraction of sp³-hybridized carbons (Fsp3) is 0.312. The van der Waals surface area contributed by atoms with Gasteiger partial charge in [0.2, 0.25) is 0 Å². The fourth-order valence-corrected chi connectivity index (χ4v) is 2.01. The Hall–Kier alpha value is -2.43. The number of carboxylic acids is 1. The number of carboxylic acid groups (broad SMARTS) is 1. The van der Waals surface area contributed by atoms with Crippen LogP contribution in [0.2, 0.25) is 0 Å². The number of rotatable bonds is 6. The lowest BCUT2D eigenvalue weighted by atomic mass is 9.99. The molecule has 1 aromatic carbocycles. The maximum Gasteiger partial charge on any atom is 0.326 e. The van der Waals surface area contributed by atoms with Crippen molar-refractivity contribution in [2.24, 2.45) is 5.92 Å². The quantitative estimate of drug-likeness (QED) is 0.853. The Labute approximate surface area is 124 Å². The van der Waals surface area contributed by atoms with Gasteiger partial charge in [-0.3, -0.25) is 0 Å². The van der Waals surface area contributed by atoms with Gasteiger partial charge in [0.25, 0.3) is 0 Å². The molecule has 0 aliphatic rings. The number of nitrogens with zero attached hydrogens (tertiary/aromatic N) is 2. The molecule has 0 aliphatic carbocycles. The van der Waals surface area contributed by atoms with Gasteiger partial charge in [0.05, 0.1) is 0 Å². The lowest BCUT2D eigenvalue weighted by Crippen LogP contribution is -2.35. The number of nitrogens with one attached hydrogen (secondary N) is 1. The first kappa shape index (κ1) is 15.0. The Bertz CT molecular complexity index is 601. The lowest BCUT2D eigenvalue weighted by molar-refractivity contribution is -0.139. The van der Waals surface area contributed by atoms with E-state index in [1.54, 1.807) is 12.3 Å². The number of anilines is 1. The molecule has 2 rings (SSSR count). The van der Waals surface area contributed by atoms with Crippen LogP contribution in [-0.4, -0.2) is 27.1 Å². The van der Waals surface area contributed by atoms with E-state index < -0.39 is 12.0 Å². The van der Waals surface area contributed by atoms with Gasteiger partial charge < -0.3 is 10.4 Å². The second-order valence-electron chi connectivity index (χ2n) is 4.98. The van der Waals surface area contributed by atoms with Crippen molar-refractivity contribution in [2.45, 2.75) is 26.3 Å². The first-order chi connectivity index (χ1) is 10.1. The molecule has 0 amide bonds. The van der Waals surface area contributed by atoms with Crippen molar-refractivity contribution in [1.29, 1.82) is 0 Å². The summed E-state index contributed by atoms with van der Waals surface area (Å²) in [7, 11) is 0. The normalized spacial score (nSPS) is 13.4. The van der Waals surface area contributed by atoms with Gasteiger partial charge in [-0.1, -0.05) is 50.6 Å². The summed E-state index contributed by atoms with van der Waals surface area (Å²) in [4.78, 5) is 20.0. The molecule has 0 radical (unpaired) electrons. The van der Waals surface area contributed by atoms with Crippen LogP contribution in [0, 0.1) is 5.92 Å². The highest BCUT2D eigenvalue weighted by Gasteiger charge is 2.23. The molecular formula is C16H19N3O2. The summed E-state index contributed by atoms with van der Waals surface area (Å²) < 4.78 is 0. The minimum Gasteiger partial charge on any atom is -0.480 e. The standard InChI is InChI=1S/C16H19N3O2/c1-3-11(2)14(16(20)21)18-13-9-10-17-15(19-13)12-7-5-4-6-8-12/h4-11,14H,3H2,1-2H3,(H,20,21)(H,17,18,19)/t11-,14-/m0/s1. The molecule has 0 aliphatic heterocycles. The van der Waals surface area contributed by atoms with Crippen LogP contribution in [0.15, 0.2) is 42.6 Å². The van der Waals surface area contributed by atoms with Crippen molar-refractivity contribution in [3.05, 3.63) is 42.6 Å². The number of hydrogen-bond donors (Lipinski definition) is 2. The summed E-state index contributed by atoms with van der Waals surface area (Å²) in [5, 5.41) is 12.3. The highest BCUT2D eigenvalue weighted by molar-refractivity contribution is 5.77. The van der Waals surface area contributed by atoms with E-state index in [-0.39, 0.29) is 5.92 Å². The second kappa shape index (κ2) is 6.83. The van der Waals surface area contributed by atoms with Gasteiger partial charge in [0.1, 0.15) is 11.9 Å². The number of carbonyl (C=O) groups is 1. The van der Waals surface area contributed by atoms with Crippen LogP contribution >= 0.6 is 0 Å². The van der Waals surface area contributed by atoms with Crippen LogP contribution < -0.4 is 5.32 Å². The van der Waals surface area contributed by atoms with Crippen molar-refractivity contribution in [3.8, 4) is 11.4 Å². The minimum atomic E-state index is -0.871. The van der Waals surface area contributed by atoms with E-state index in [2.05, 4.69) is 15.3 Å². The van der Waals surface area contributed by atoms with Crippen molar-refractivity contribution >= 4 is 11.8 Å². The average Bonchev–Trinajstić information content (AvgIpc) is 2.53. The van der Waals surface area contributed by atoms with Crippen molar-refractivity contribution in [2.75, 3.05) is 5.32 Å². The van der Waals surface area contributed by atoms with Gasteiger partial charge in [-0.25, -0.2) is 14.8 Å². The molecule has 0 saturated heterocycles. The highest BCUT2D eigenvalue weighted by atomic mass is 16.4. The van der Waals surface area contributed by atoms with Gasteiger partial charge in [0.15, 0.2) is 5.82 Å². The largest absolute Gasteiger partial charge is 0.480 e. The van der Waals surface area contributed by atoms with Gasteiger partial charge in [-0.05, 0) is 12.0 Å². The molecular weight excluding hydrogens is 266 g/mol. The summed E-state index contributed by atoms with van der Waals surface area (Å²) >= 11 is 0. The summed E-state index contributed by atoms with van der Waals surface area (Å²) in [5.74, 6) is 0.243. The number of aromatic nitrogens is 2. The van der Waals surface area contributed by atoms with Crippen LogP contribution in [-0.2, 0) is 4.79 Å². The molecule has 0 fully saturated rings. The predicted octanol–water partition coefficient (Wildman–Crippen LogP) is 3.05. The van der Waals surface area contributed by atoms with Crippen LogP contribution in [0.4, 0.5) is 5.82 Å². The third-order valence-corrected chi connectivity index (χ3v) is 3.47. The molecule has 2 N–H and O–H groups in total. The van der Waals surface area contributed by atoms with Crippen LogP contribution in [0.3, 0.4) is 0 Å². The smallest absolute Gasteiger partial charge is 0.326 e. The van der Waals surface area contributed by atoms with Crippen LogP contribution in [0.5, 0.6) is 0 Å². The van der Waals surface area contributed by atoms with E-state index in [9.17, 15) is 9.90 Å². The topological polar surface area (TPSA) is 75.1 Å². The summed E-state index contributed by atoms with van der Waals surface area (Å²) in [6.07, 6.45) is 2.41. The zero-order valence-electron chi connectivity index (χ0n) is 12.2. The van der Waals surface area contributed by atoms with Crippen LogP contribution in [0.1, 0.15) is 20.3 Å². The zero-order chi connectivity index (χ0) is 15.2. The van der Waals surface area contributed by atoms with Crippen molar-refractivity contribution in [3.63, 3.8) is 0 Å². The van der Waals surface area contributed by atoms with Gasteiger partial charge >= 0.3 is 5.97 Å².